The van der Waals surface area contributed by atoms with Gasteiger partial charge in [0.2, 0.25) is 0 Å². The van der Waals surface area contributed by atoms with Crippen molar-refractivity contribution in [3.8, 4) is 0 Å². The van der Waals surface area contributed by atoms with Crippen LogP contribution in [-0.4, -0.2) is 33.1 Å². The number of H-pyrrole nitrogens is 1. The number of carbonyl (C=O) groups excluding carboxylic acids is 1. The molecule has 0 aliphatic rings. The highest BCUT2D eigenvalue weighted by atomic mass is 16.6. The standard InChI is InChI=1S/C19H17N3O6/c23-18(24)17(21-19(25)28-11-12-4-2-1-3-5-12)8-13-10-20-16-7-6-14(22(26)27)9-15(13)16/h1-7,9-10,17,20H,8,11H2,(H,21,25)(H,23,24). The van der Waals surface area contributed by atoms with Crippen LogP contribution in [0.15, 0.2) is 54.7 Å². The number of ether oxygens (including phenoxy) is 1. The first-order valence-electron chi connectivity index (χ1n) is 8.38. The van der Waals surface area contributed by atoms with Crippen LogP contribution >= 0.6 is 0 Å². The van der Waals surface area contributed by atoms with Gasteiger partial charge in [0, 0.05) is 35.7 Å². The second-order valence-corrected chi connectivity index (χ2v) is 6.10. The lowest BCUT2D eigenvalue weighted by molar-refractivity contribution is -0.384. The number of aromatic amines is 1. The first kappa shape index (κ1) is 18.9. The van der Waals surface area contributed by atoms with Crippen LogP contribution in [0.5, 0.6) is 0 Å². The molecule has 1 atom stereocenters. The second kappa shape index (κ2) is 8.21. The summed E-state index contributed by atoms with van der Waals surface area (Å²) in [6, 6.07) is 12.0. The zero-order chi connectivity index (χ0) is 20.1. The van der Waals surface area contributed by atoms with E-state index < -0.39 is 23.0 Å². The van der Waals surface area contributed by atoms with E-state index in [9.17, 15) is 24.8 Å². The van der Waals surface area contributed by atoms with E-state index in [1.165, 1.54) is 12.1 Å². The van der Waals surface area contributed by atoms with Gasteiger partial charge in [-0.15, -0.1) is 0 Å². The number of carboxylic acids is 1. The molecule has 0 spiro atoms. The third-order valence-corrected chi connectivity index (χ3v) is 4.19. The lowest BCUT2D eigenvalue weighted by atomic mass is 10.0. The van der Waals surface area contributed by atoms with Crippen molar-refractivity contribution in [1.82, 2.24) is 10.3 Å². The van der Waals surface area contributed by atoms with Gasteiger partial charge in [0.05, 0.1) is 4.92 Å². The number of nitro benzene ring substituents is 1. The molecule has 0 fully saturated rings. The summed E-state index contributed by atoms with van der Waals surface area (Å²) in [5.41, 5.74) is 1.84. The topological polar surface area (TPSA) is 135 Å². The first-order valence-corrected chi connectivity index (χ1v) is 8.38. The molecule has 2 aromatic carbocycles. The molecule has 28 heavy (non-hydrogen) atoms. The minimum absolute atomic E-state index is 0.0122. The van der Waals surface area contributed by atoms with Crippen molar-refractivity contribution >= 4 is 28.7 Å². The number of non-ortho nitro benzene ring substituents is 1. The highest BCUT2D eigenvalue weighted by Gasteiger charge is 2.23. The van der Waals surface area contributed by atoms with Crippen molar-refractivity contribution in [2.24, 2.45) is 0 Å². The number of benzene rings is 2. The highest BCUT2D eigenvalue weighted by Crippen LogP contribution is 2.24. The summed E-state index contributed by atoms with van der Waals surface area (Å²) in [7, 11) is 0. The van der Waals surface area contributed by atoms with Crippen molar-refractivity contribution < 1.29 is 24.4 Å². The number of rotatable bonds is 7. The molecule has 0 radical (unpaired) electrons. The Kier molecular flexibility index (Phi) is 5.54. The van der Waals surface area contributed by atoms with Crippen molar-refractivity contribution in [1.29, 1.82) is 0 Å². The van der Waals surface area contributed by atoms with Crippen LogP contribution < -0.4 is 5.32 Å². The molecule has 0 bridgehead atoms. The molecule has 1 aromatic heterocycles. The minimum Gasteiger partial charge on any atom is -0.480 e. The number of nitrogens with zero attached hydrogens (tertiary/aromatic N) is 1. The van der Waals surface area contributed by atoms with Crippen LogP contribution in [0.2, 0.25) is 0 Å². The fraction of sp³-hybridized carbons (Fsp3) is 0.158. The van der Waals surface area contributed by atoms with Crippen LogP contribution in [0.3, 0.4) is 0 Å². The number of aromatic nitrogens is 1. The quantitative estimate of drug-likeness (QED) is 0.424. The smallest absolute Gasteiger partial charge is 0.408 e. The Morgan fingerprint density at radius 2 is 1.96 bits per heavy atom. The van der Waals surface area contributed by atoms with Crippen LogP contribution in [0.25, 0.3) is 10.9 Å². The molecule has 1 unspecified atom stereocenters. The van der Waals surface area contributed by atoms with E-state index in [-0.39, 0.29) is 18.7 Å². The van der Waals surface area contributed by atoms with E-state index in [0.29, 0.717) is 16.5 Å². The van der Waals surface area contributed by atoms with Gasteiger partial charge in [0.25, 0.3) is 5.69 Å². The summed E-state index contributed by atoms with van der Waals surface area (Å²) in [5, 5.41) is 23.2. The number of nitrogens with one attached hydrogen (secondary N) is 2. The van der Waals surface area contributed by atoms with Gasteiger partial charge in [-0.25, -0.2) is 9.59 Å². The van der Waals surface area contributed by atoms with Gasteiger partial charge in [-0.3, -0.25) is 10.1 Å². The van der Waals surface area contributed by atoms with E-state index in [1.54, 1.807) is 36.5 Å². The molecule has 3 aromatic rings. The molecule has 9 heteroatoms. The van der Waals surface area contributed by atoms with Gasteiger partial charge in [0.15, 0.2) is 0 Å². The number of nitro groups is 1. The first-order chi connectivity index (χ1) is 13.4. The van der Waals surface area contributed by atoms with Gasteiger partial charge in [-0.1, -0.05) is 30.3 Å². The molecule has 1 amide bonds. The van der Waals surface area contributed by atoms with Crippen LogP contribution in [0.1, 0.15) is 11.1 Å². The van der Waals surface area contributed by atoms with E-state index >= 15 is 0 Å². The summed E-state index contributed by atoms with van der Waals surface area (Å²) < 4.78 is 5.06. The number of carboxylic acid groups (broad SMARTS) is 1. The number of hydrogen-bond acceptors (Lipinski definition) is 5. The summed E-state index contributed by atoms with van der Waals surface area (Å²) in [4.78, 5) is 36.9. The average Bonchev–Trinajstić information content (AvgIpc) is 3.08. The zero-order valence-electron chi connectivity index (χ0n) is 14.6. The van der Waals surface area contributed by atoms with E-state index in [0.717, 1.165) is 5.56 Å². The lowest BCUT2D eigenvalue weighted by Gasteiger charge is -2.14. The molecule has 0 aliphatic carbocycles. The summed E-state index contributed by atoms with van der Waals surface area (Å²) in [5.74, 6) is -1.24. The van der Waals surface area contributed by atoms with Crippen molar-refractivity contribution in [2.45, 2.75) is 19.1 Å². The summed E-state index contributed by atoms with van der Waals surface area (Å²) >= 11 is 0. The maximum absolute atomic E-state index is 12.0. The van der Waals surface area contributed by atoms with Gasteiger partial charge < -0.3 is 20.1 Å². The van der Waals surface area contributed by atoms with Gasteiger partial charge >= 0.3 is 12.1 Å². The molecule has 0 saturated heterocycles. The molecular formula is C19H17N3O6. The Labute approximate surface area is 159 Å². The zero-order valence-corrected chi connectivity index (χ0v) is 14.6. The summed E-state index contributed by atoms with van der Waals surface area (Å²) in [6.07, 6.45) is 0.653. The maximum atomic E-state index is 12.0. The normalized spacial score (nSPS) is 11.7. The lowest BCUT2D eigenvalue weighted by Crippen LogP contribution is -2.42. The predicted octanol–water partition coefficient (Wildman–Crippen LogP) is 3.00. The SMILES string of the molecule is O=C(NC(Cc1c[nH]c2ccc([N+](=O)[O-])cc12)C(=O)O)OCc1ccccc1. The maximum Gasteiger partial charge on any atom is 0.408 e. The van der Waals surface area contributed by atoms with Crippen molar-refractivity contribution in [3.05, 3.63) is 76.0 Å². The van der Waals surface area contributed by atoms with Crippen molar-refractivity contribution in [2.75, 3.05) is 0 Å². The number of carbonyl (C=O) groups is 2. The van der Waals surface area contributed by atoms with Crippen LogP contribution in [0.4, 0.5) is 10.5 Å². The number of fused-ring (bicyclic) bond motifs is 1. The van der Waals surface area contributed by atoms with Gasteiger partial charge in [-0.2, -0.15) is 0 Å². The fourth-order valence-electron chi connectivity index (χ4n) is 2.78. The van der Waals surface area contributed by atoms with Crippen LogP contribution in [0, 0.1) is 10.1 Å². The number of hydrogen-bond donors (Lipinski definition) is 3. The molecule has 3 N–H and O–H groups in total. The number of alkyl carbamates (subject to hydrolysis) is 1. The largest absolute Gasteiger partial charge is 0.480 e. The highest BCUT2D eigenvalue weighted by molar-refractivity contribution is 5.87. The predicted molar refractivity (Wildman–Crippen MR) is 99.8 cm³/mol. The Morgan fingerprint density at radius 3 is 2.64 bits per heavy atom. The molecule has 9 nitrogen and oxygen atoms in total. The van der Waals surface area contributed by atoms with E-state index in [1.807, 2.05) is 6.07 Å². The number of amides is 1. The molecule has 3 rings (SSSR count). The van der Waals surface area contributed by atoms with Crippen molar-refractivity contribution in [3.63, 3.8) is 0 Å². The Morgan fingerprint density at radius 1 is 1.21 bits per heavy atom. The molecule has 0 saturated carbocycles. The molecule has 0 aliphatic heterocycles. The third-order valence-electron chi connectivity index (χ3n) is 4.19. The average molecular weight is 383 g/mol. The van der Waals surface area contributed by atoms with E-state index in [4.69, 9.17) is 4.74 Å². The monoisotopic (exact) mass is 383 g/mol. The second-order valence-electron chi connectivity index (χ2n) is 6.10. The van der Waals surface area contributed by atoms with Crippen LogP contribution in [-0.2, 0) is 22.6 Å². The fourth-order valence-corrected chi connectivity index (χ4v) is 2.78. The van der Waals surface area contributed by atoms with Gasteiger partial charge in [-0.05, 0) is 17.2 Å². The number of aliphatic carboxylic acids is 1. The molecule has 144 valence electrons. The Hall–Kier alpha value is -3.88. The third kappa shape index (κ3) is 4.44. The Balaban J connectivity index is 1.70. The van der Waals surface area contributed by atoms with Gasteiger partial charge in [0.1, 0.15) is 12.6 Å². The molecular weight excluding hydrogens is 366 g/mol. The Bertz CT molecular complexity index is 1010. The molecule has 1 heterocycles. The van der Waals surface area contributed by atoms with E-state index in [2.05, 4.69) is 10.3 Å². The summed E-state index contributed by atoms with van der Waals surface area (Å²) in [6.45, 7) is 0.0122. The minimum atomic E-state index is -1.25.